The predicted molar refractivity (Wildman–Crippen MR) is 72.4 cm³/mol. The van der Waals surface area contributed by atoms with Crippen LogP contribution in [0.2, 0.25) is 0 Å². The molecule has 18 heavy (non-hydrogen) atoms. The number of nitrogens with zero attached hydrogens (tertiary/aromatic N) is 3. The number of hydrogen-bond donors (Lipinski definition) is 1. The van der Waals surface area contributed by atoms with Gasteiger partial charge in [-0.3, -0.25) is 0 Å². The van der Waals surface area contributed by atoms with Crippen molar-refractivity contribution in [3.63, 3.8) is 0 Å². The number of likely N-dealkylation sites (tertiary alicyclic amines) is 1. The lowest BCUT2D eigenvalue weighted by Gasteiger charge is -2.29. The van der Waals surface area contributed by atoms with Crippen molar-refractivity contribution in [2.45, 2.75) is 44.7 Å². The molecule has 1 fully saturated rings. The number of hydrogen-bond acceptors (Lipinski definition) is 3. The van der Waals surface area contributed by atoms with E-state index < -0.39 is 0 Å². The first-order valence-corrected chi connectivity index (χ1v) is 7.20. The minimum Gasteiger partial charge on any atom is -0.335 e. The smallest absolute Gasteiger partial charge is 0.110 e. The van der Waals surface area contributed by atoms with Crippen LogP contribution in [0.15, 0.2) is 6.20 Å². The lowest BCUT2D eigenvalue weighted by Crippen LogP contribution is -2.33. The number of fused-ring (bicyclic) bond motifs is 1. The lowest BCUT2D eigenvalue weighted by molar-refractivity contribution is 0.208. The van der Waals surface area contributed by atoms with Gasteiger partial charge in [0, 0.05) is 31.7 Å². The van der Waals surface area contributed by atoms with Crippen molar-refractivity contribution in [1.82, 2.24) is 14.5 Å². The number of piperidine rings is 1. The molecule has 0 aromatic carbocycles. The molecule has 0 radical (unpaired) electrons. The molecule has 0 bridgehead atoms. The maximum Gasteiger partial charge on any atom is 0.110 e. The number of nitrogens with two attached hydrogens (primary N) is 1. The van der Waals surface area contributed by atoms with Gasteiger partial charge in [-0.05, 0) is 45.2 Å². The van der Waals surface area contributed by atoms with Crippen molar-refractivity contribution in [3.8, 4) is 0 Å². The molecule has 4 nitrogen and oxygen atoms in total. The number of aryl methyl sites for hydroxylation is 1. The fraction of sp³-hybridized carbons (Fsp3) is 0.786. The van der Waals surface area contributed by atoms with E-state index in [1.54, 1.807) is 0 Å². The Kier molecular flexibility index (Phi) is 3.39. The zero-order valence-corrected chi connectivity index (χ0v) is 11.3. The molecule has 4 heteroatoms. The van der Waals surface area contributed by atoms with E-state index in [2.05, 4.69) is 22.7 Å². The van der Waals surface area contributed by atoms with E-state index in [0.717, 1.165) is 31.7 Å². The van der Waals surface area contributed by atoms with Crippen LogP contribution in [0, 0.1) is 5.92 Å². The van der Waals surface area contributed by atoms with Gasteiger partial charge in [-0.2, -0.15) is 0 Å². The zero-order chi connectivity index (χ0) is 12.5. The van der Waals surface area contributed by atoms with Crippen molar-refractivity contribution in [2.24, 2.45) is 11.7 Å². The Morgan fingerprint density at radius 1 is 1.39 bits per heavy atom. The number of aromatic nitrogens is 2. The Morgan fingerprint density at radius 3 is 3.11 bits per heavy atom. The van der Waals surface area contributed by atoms with Crippen molar-refractivity contribution in [2.75, 3.05) is 20.1 Å². The summed E-state index contributed by atoms with van der Waals surface area (Å²) in [6, 6.07) is 0.313. The summed E-state index contributed by atoms with van der Waals surface area (Å²) in [7, 11) is 2.23. The predicted octanol–water partition coefficient (Wildman–Crippen LogP) is 1.04. The van der Waals surface area contributed by atoms with Crippen LogP contribution < -0.4 is 5.73 Å². The first kappa shape index (κ1) is 12.2. The van der Waals surface area contributed by atoms with E-state index in [-0.39, 0.29) is 0 Å². The van der Waals surface area contributed by atoms with Gasteiger partial charge in [0.15, 0.2) is 0 Å². The summed E-state index contributed by atoms with van der Waals surface area (Å²) in [5.41, 5.74) is 7.28. The van der Waals surface area contributed by atoms with Crippen molar-refractivity contribution in [1.29, 1.82) is 0 Å². The molecule has 2 unspecified atom stereocenters. The molecule has 1 saturated heterocycles. The Morgan fingerprint density at radius 2 is 2.28 bits per heavy atom. The highest BCUT2D eigenvalue weighted by molar-refractivity contribution is 5.09. The van der Waals surface area contributed by atoms with E-state index in [9.17, 15) is 0 Å². The molecule has 2 N–H and O–H groups in total. The summed E-state index contributed by atoms with van der Waals surface area (Å²) in [6.07, 6.45) is 8.13. The van der Waals surface area contributed by atoms with Crippen LogP contribution in [0.3, 0.4) is 0 Å². The highest BCUT2D eigenvalue weighted by Gasteiger charge is 2.21. The van der Waals surface area contributed by atoms with Crippen LogP contribution in [0.25, 0.3) is 0 Å². The van der Waals surface area contributed by atoms with Crippen LogP contribution in [0.5, 0.6) is 0 Å². The van der Waals surface area contributed by atoms with Gasteiger partial charge in [-0.25, -0.2) is 4.98 Å². The van der Waals surface area contributed by atoms with Gasteiger partial charge < -0.3 is 15.2 Å². The lowest BCUT2D eigenvalue weighted by atomic mass is 9.94. The molecule has 0 saturated carbocycles. The molecule has 1 aromatic heterocycles. The van der Waals surface area contributed by atoms with E-state index >= 15 is 0 Å². The SMILES string of the molecule is CN1CCCC(Cc2cn3c(n2)CC(N)CC3)C1. The van der Waals surface area contributed by atoms with Crippen LogP contribution in [-0.2, 0) is 19.4 Å². The third-order valence-corrected chi connectivity index (χ3v) is 4.31. The third kappa shape index (κ3) is 2.59. The summed E-state index contributed by atoms with van der Waals surface area (Å²) >= 11 is 0. The van der Waals surface area contributed by atoms with Crippen molar-refractivity contribution >= 4 is 0 Å². The fourth-order valence-electron chi connectivity index (χ4n) is 3.35. The maximum absolute atomic E-state index is 6.00. The Balaban J connectivity index is 1.66. The summed E-state index contributed by atoms with van der Waals surface area (Å²) < 4.78 is 2.31. The number of imidazole rings is 1. The van der Waals surface area contributed by atoms with Crippen molar-refractivity contribution < 1.29 is 0 Å². The average molecular weight is 248 g/mol. The molecular weight excluding hydrogens is 224 g/mol. The standard InChI is InChI=1S/C14H24N4/c1-17-5-2-3-11(9-17)7-13-10-18-6-4-12(15)8-14(18)16-13/h10-12H,2-9,15H2,1H3. The van der Waals surface area contributed by atoms with Crippen LogP contribution in [0.4, 0.5) is 0 Å². The van der Waals surface area contributed by atoms with Gasteiger partial charge in [-0.15, -0.1) is 0 Å². The molecule has 3 rings (SSSR count). The fourth-order valence-corrected chi connectivity index (χ4v) is 3.35. The summed E-state index contributed by atoms with van der Waals surface area (Å²) in [5.74, 6) is 1.99. The van der Waals surface area contributed by atoms with Gasteiger partial charge in [0.25, 0.3) is 0 Å². The summed E-state index contributed by atoms with van der Waals surface area (Å²) in [6.45, 7) is 3.53. The summed E-state index contributed by atoms with van der Waals surface area (Å²) in [4.78, 5) is 7.23. The molecule has 2 atom stereocenters. The Bertz CT molecular complexity index is 412. The number of rotatable bonds is 2. The van der Waals surface area contributed by atoms with Crippen LogP contribution in [-0.4, -0.2) is 40.6 Å². The first-order valence-electron chi connectivity index (χ1n) is 7.20. The highest BCUT2D eigenvalue weighted by Crippen LogP contribution is 2.21. The molecule has 2 aliphatic heterocycles. The van der Waals surface area contributed by atoms with Gasteiger partial charge in [0.1, 0.15) is 5.82 Å². The van der Waals surface area contributed by atoms with E-state index in [0.29, 0.717) is 6.04 Å². The minimum atomic E-state index is 0.313. The normalized spacial score (nSPS) is 29.2. The van der Waals surface area contributed by atoms with Gasteiger partial charge in [0.2, 0.25) is 0 Å². The minimum absolute atomic E-state index is 0.313. The first-order chi connectivity index (χ1) is 8.70. The van der Waals surface area contributed by atoms with Crippen LogP contribution in [0.1, 0.15) is 30.8 Å². The van der Waals surface area contributed by atoms with E-state index in [1.807, 2.05) is 0 Å². The second-order valence-electron chi connectivity index (χ2n) is 6.07. The monoisotopic (exact) mass is 248 g/mol. The van der Waals surface area contributed by atoms with Gasteiger partial charge in [0.05, 0.1) is 5.69 Å². The van der Waals surface area contributed by atoms with E-state index in [1.165, 1.54) is 37.4 Å². The molecule has 1 aromatic rings. The Labute approximate surface area is 109 Å². The Hall–Kier alpha value is -0.870. The van der Waals surface area contributed by atoms with Crippen LogP contribution >= 0.6 is 0 Å². The molecular formula is C14H24N4. The second-order valence-corrected chi connectivity index (χ2v) is 6.07. The third-order valence-electron chi connectivity index (χ3n) is 4.31. The maximum atomic E-state index is 6.00. The molecule has 3 heterocycles. The quantitative estimate of drug-likeness (QED) is 0.850. The molecule has 0 amide bonds. The van der Waals surface area contributed by atoms with E-state index in [4.69, 9.17) is 10.7 Å². The molecule has 2 aliphatic rings. The van der Waals surface area contributed by atoms with Crippen molar-refractivity contribution in [3.05, 3.63) is 17.7 Å². The summed E-state index contributed by atoms with van der Waals surface area (Å²) in [5, 5.41) is 0. The molecule has 0 spiro atoms. The largest absolute Gasteiger partial charge is 0.335 e. The zero-order valence-electron chi connectivity index (χ0n) is 11.3. The highest BCUT2D eigenvalue weighted by atomic mass is 15.1. The average Bonchev–Trinajstić information content (AvgIpc) is 2.70. The van der Waals surface area contributed by atoms with Gasteiger partial charge in [-0.1, -0.05) is 0 Å². The second kappa shape index (κ2) is 5.02. The molecule has 100 valence electrons. The molecule has 0 aliphatic carbocycles. The van der Waals surface area contributed by atoms with Gasteiger partial charge >= 0.3 is 0 Å². The topological polar surface area (TPSA) is 47.1 Å².